The predicted octanol–water partition coefficient (Wildman–Crippen LogP) is 1.95. The summed E-state index contributed by atoms with van der Waals surface area (Å²) in [6, 6.07) is 18.1. The molecular weight excluding hydrogens is 646 g/mol. The molecule has 252 valence electrons. The maximum absolute atomic E-state index is 13.8. The van der Waals surface area contributed by atoms with Gasteiger partial charge in [0, 0.05) is 12.1 Å². The van der Waals surface area contributed by atoms with E-state index in [9.17, 15) is 29.1 Å². The van der Waals surface area contributed by atoms with Crippen molar-refractivity contribution in [3.63, 3.8) is 0 Å². The summed E-state index contributed by atoms with van der Waals surface area (Å²) in [5.41, 5.74) is 13.7. The molecule has 0 aromatic heterocycles. The molecule has 14 heteroatoms. The summed E-state index contributed by atoms with van der Waals surface area (Å²) in [4.78, 5) is 66.2. The average molecular weight is 686 g/mol. The average Bonchev–Trinajstić information content (AvgIpc) is 3.06. The number of halogens is 1. The molecule has 0 heterocycles. The Bertz CT molecular complexity index is 1510. The van der Waals surface area contributed by atoms with Crippen molar-refractivity contribution >= 4 is 59.5 Å². The van der Waals surface area contributed by atoms with Crippen LogP contribution in [0, 0.1) is 0 Å². The van der Waals surface area contributed by atoms with Gasteiger partial charge in [0.15, 0.2) is 0 Å². The van der Waals surface area contributed by atoms with Crippen LogP contribution in [0.4, 0.5) is 5.69 Å². The molecule has 0 aliphatic rings. The number of rotatable bonds is 16. The summed E-state index contributed by atoms with van der Waals surface area (Å²) >= 11 is 1.48. The van der Waals surface area contributed by atoms with E-state index in [4.69, 9.17) is 16.2 Å². The molecule has 0 bridgehead atoms. The number of amides is 4. The Morgan fingerprint density at radius 2 is 1.57 bits per heavy atom. The van der Waals surface area contributed by atoms with Crippen molar-refractivity contribution < 1.29 is 33.8 Å². The maximum Gasteiger partial charge on any atom is 0.337 e. The van der Waals surface area contributed by atoms with E-state index in [1.165, 1.54) is 49.2 Å². The van der Waals surface area contributed by atoms with Gasteiger partial charge >= 0.3 is 5.97 Å². The van der Waals surface area contributed by atoms with Crippen molar-refractivity contribution in [1.29, 1.82) is 0 Å². The topological polar surface area (TPSA) is 194 Å². The summed E-state index contributed by atoms with van der Waals surface area (Å²) in [5, 5.41) is 14.8. The van der Waals surface area contributed by atoms with Crippen molar-refractivity contribution in [2.75, 3.05) is 30.6 Å². The lowest BCUT2D eigenvalue weighted by Gasteiger charge is -2.31. The minimum absolute atomic E-state index is 0. The van der Waals surface area contributed by atoms with Crippen LogP contribution in [-0.2, 0) is 36.8 Å². The fourth-order valence-corrected chi connectivity index (χ4v) is 5.16. The molecule has 3 aromatic carbocycles. The van der Waals surface area contributed by atoms with Gasteiger partial charge < -0.3 is 31.9 Å². The Balaban J connectivity index is 0.00000768. The number of benzene rings is 3. The van der Waals surface area contributed by atoms with Gasteiger partial charge in [-0.1, -0.05) is 48.5 Å². The van der Waals surface area contributed by atoms with Gasteiger partial charge in [0.05, 0.1) is 25.3 Å². The molecular formula is C33H40ClN5O7S. The largest absolute Gasteiger partial charge is 0.508 e. The molecule has 7 N–H and O–H groups in total. The number of carbonyl (C=O) groups excluding carboxylic acids is 5. The molecule has 3 aromatic rings. The Morgan fingerprint density at radius 1 is 0.915 bits per heavy atom. The van der Waals surface area contributed by atoms with Crippen LogP contribution in [0.5, 0.6) is 5.75 Å². The molecule has 12 nitrogen and oxygen atoms in total. The van der Waals surface area contributed by atoms with E-state index >= 15 is 0 Å². The molecule has 0 fully saturated rings. The quantitative estimate of drug-likeness (QED) is 0.140. The van der Waals surface area contributed by atoms with Crippen LogP contribution >= 0.6 is 24.2 Å². The number of ether oxygens (including phenoxy) is 1. The molecule has 0 unspecified atom stereocenters. The highest BCUT2D eigenvalue weighted by molar-refractivity contribution is 7.98. The van der Waals surface area contributed by atoms with E-state index in [1.54, 1.807) is 42.5 Å². The Hall–Kier alpha value is -4.59. The predicted molar refractivity (Wildman–Crippen MR) is 183 cm³/mol. The number of hydrogen-bond acceptors (Lipinski definition) is 9. The monoisotopic (exact) mass is 685 g/mol. The number of phenolic OH excluding ortho intramolecular Hbond substituents is 1. The lowest BCUT2D eigenvalue weighted by Crippen LogP contribution is -2.55. The fraction of sp³-hybridized carbons (Fsp3) is 0.303. The van der Waals surface area contributed by atoms with Gasteiger partial charge in [-0.25, -0.2) is 4.79 Å². The maximum atomic E-state index is 13.8. The van der Waals surface area contributed by atoms with Crippen LogP contribution in [0.1, 0.15) is 27.9 Å². The van der Waals surface area contributed by atoms with E-state index in [2.05, 4.69) is 10.6 Å². The third-order valence-electron chi connectivity index (χ3n) is 7.11. The fourth-order valence-electron chi connectivity index (χ4n) is 4.69. The van der Waals surface area contributed by atoms with E-state index in [-0.39, 0.29) is 48.7 Å². The first-order valence-electron chi connectivity index (χ1n) is 14.5. The van der Waals surface area contributed by atoms with Crippen LogP contribution in [-0.4, -0.2) is 78.5 Å². The summed E-state index contributed by atoms with van der Waals surface area (Å²) < 4.78 is 4.81. The van der Waals surface area contributed by atoms with Gasteiger partial charge in [-0.05, 0) is 66.3 Å². The minimum Gasteiger partial charge on any atom is -0.508 e. The van der Waals surface area contributed by atoms with Gasteiger partial charge in [0.1, 0.15) is 17.8 Å². The van der Waals surface area contributed by atoms with Crippen molar-refractivity contribution in [2.24, 2.45) is 11.5 Å². The molecule has 0 radical (unpaired) electrons. The number of esters is 1. The summed E-state index contributed by atoms with van der Waals surface area (Å²) in [6.45, 7) is -0.537. The van der Waals surface area contributed by atoms with Crippen molar-refractivity contribution in [1.82, 2.24) is 10.6 Å². The Kier molecular flexibility index (Phi) is 15.7. The number of primary amides is 1. The summed E-state index contributed by atoms with van der Waals surface area (Å²) in [7, 11) is 1.22. The Morgan fingerprint density at radius 3 is 2.19 bits per heavy atom. The second-order valence-electron chi connectivity index (χ2n) is 10.5. The minimum atomic E-state index is -1.16. The summed E-state index contributed by atoms with van der Waals surface area (Å²) in [6.07, 6.45) is 2.37. The SMILES string of the molecule is COC(=O)c1cccc(N(C(=O)CNC(=O)[C@@H](CCSC)NC(=O)[C@@H](N)Cc2ccc(O)cc2)[C@@H](Cc2ccccc2)C(N)=O)c1.Cl. The van der Waals surface area contributed by atoms with Gasteiger partial charge in [-0.2, -0.15) is 11.8 Å². The lowest BCUT2D eigenvalue weighted by atomic mass is 10.0. The molecule has 47 heavy (non-hydrogen) atoms. The number of hydrogen-bond donors (Lipinski definition) is 5. The molecule has 0 saturated carbocycles. The molecule has 0 saturated heterocycles. The normalized spacial score (nSPS) is 12.4. The number of thioether (sulfide) groups is 1. The van der Waals surface area contributed by atoms with Gasteiger partial charge in [0.25, 0.3) is 0 Å². The zero-order valence-electron chi connectivity index (χ0n) is 26.1. The first-order chi connectivity index (χ1) is 22.0. The van der Waals surface area contributed by atoms with Crippen LogP contribution in [0.25, 0.3) is 0 Å². The van der Waals surface area contributed by atoms with E-state index in [1.807, 2.05) is 12.3 Å². The molecule has 0 aliphatic heterocycles. The lowest BCUT2D eigenvalue weighted by molar-refractivity contribution is -0.130. The van der Waals surface area contributed by atoms with Gasteiger partial charge in [-0.3, -0.25) is 24.1 Å². The van der Waals surface area contributed by atoms with Crippen LogP contribution < -0.4 is 27.0 Å². The summed E-state index contributed by atoms with van der Waals surface area (Å²) in [5.74, 6) is -2.66. The second-order valence-corrected chi connectivity index (χ2v) is 11.4. The first-order valence-corrected chi connectivity index (χ1v) is 15.9. The zero-order chi connectivity index (χ0) is 33.6. The van der Waals surface area contributed by atoms with Gasteiger partial charge in [0.2, 0.25) is 23.6 Å². The molecule has 0 aliphatic carbocycles. The highest BCUT2D eigenvalue weighted by Crippen LogP contribution is 2.22. The van der Waals surface area contributed by atoms with Crippen molar-refractivity contribution in [3.8, 4) is 5.75 Å². The number of nitrogens with two attached hydrogens (primary N) is 2. The number of methoxy groups -OCH3 is 1. The Labute approximate surface area is 284 Å². The third kappa shape index (κ3) is 11.6. The van der Waals surface area contributed by atoms with Crippen LogP contribution in [0.15, 0.2) is 78.9 Å². The van der Waals surface area contributed by atoms with Gasteiger partial charge in [-0.15, -0.1) is 12.4 Å². The van der Waals surface area contributed by atoms with Crippen molar-refractivity contribution in [2.45, 2.75) is 37.4 Å². The number of carbonyl (C=O) groups is 5. The van der Waals surface area contributed by atoms with E-state index in [0.29, 0.717) is 5.75 Å². The first kappa shape index (κ1) is 38.6. The second kappa shape index (κ2) is 19.2. The molecule has 0 spiro atoms. The molecule has 3 rings (SSSR count). The number of nitrogens with one attached hydrogen (secondary N) is 2. The molecule has 3 atom stereocenters. The van der Waals surface area contributed by atoms with Crippen LogP contribution in [0.3, 0.4) is 0 Å². The highest BCUT2D eigenvalue weighted by Gasteiger charge is 2.32. The van der Waals surface area contributed by atoms with Crippen molar-refractivity contribution in [3.05, 3.63) is 95.6 Å². The number of aromatic hydroxyl groups is 1. The number of phenols is 1. The number of nitrogens with zero attached hydrogens (tertiary/aromatic N) is 1. The smallest absolute Gasteiger partial charge is 0.337 e. The molecule has 4 amide bonds. The highest BCUT2D eigenvalue weighted by atomic mass is 35.5. The van der Waals surface area contributed by atoms with E-state index < -0.39 is 54.3 Å². The van der Waals surface area contributed by atoms with Crippen LogP contribution in [0.2, 0.25) is 0 Å². The zero-order valence-corrected chi connectivity index (χ0v) is 27.7. The number of anilines is 1. The van der Waals surface area contributed by atoms with E-state index in [0.717, 1.165) is 16.0 Å². The third-order valence-corrected chi connectivity index (χ3v) is 7.76. The standard InChI is InChI=1S/C33H39N5O7S.ClH/c1-45-33(44)23-9-6-10-24(19-23)38(28(30(35)41)18-21-7-4-3-5-8-21)29(40)20-36-32(43)27(15-16-46-2)37-31(42)26(34)17-22-11-13-25(39)14-12-22;/h3-14,19,26-28,39H,15-18,20,34H2,1-2H3,(H2,35,41)(H,36,43)(H,37,42);1H/t26-,27+,28-;/m0./s1.